The summed E-state index contributed by atoms with van der Waals surface area (Å²) in [5.74, 6) is -0.855. The molecule has 1 heterocycles. The number of H-pyrrole nitrogens is 1. The lowest BCUT2D eigenvalue weighted by molar-refractivity contribution is -0.138. The molecule has 18 heavy (non-hydrogen) atoms. The first-order chi connectivity index (χ1) is 8.47. The van der Waals surface area contributed by atoms with Crippen molar-refractivity contribution >= 4 is 17.0 Å². The van der Waals surface area contributed by atoms with Crippen LogP contribution in [0.5, 0.6) is 0 Å². The average Bonchev–Trinajstić information content (AvgIpc) is 2.67. The van der Waals surface area contributed by atoms with Gasteiger partial charge in [-0.1, -0.05) is 6.07 Å². The summed E-state index contributed by atoms with van der Waals surface area (Å²) in [5, 5.41) is 9.19. The van der Waals surface area contributed by atoms with Crippen molar-refractivity contribution in [2.75, 3.05) is 7.05 Å². The normalized spacial score (nSPS) is 12.6. The fourth-order valence-electron chi connectivity index (χ4n) is 1.77. The molecule has 0 aliphatic rings. The number of fused-ring (bicyclic) bond motifs is 1. The third-order valence-electron chi connectivity index (χ3n) is 2.64. The second-order valence-corrected chi connectivity index (χ2v) is 4.22. The molecule has 0 spiro atoms. The molecule has 2 rings (SSSR count). The number of benzene rings is 1. The van der Waals surface area contributed by atoms with Gasteiger partial charge in [-0.3, -0.25) is 9.78 Å². The van der Waals surface area contributed by atoms with Gasteiger partial charge >= 0.3 is 5.76 Å². The number of hydrogen-bond donors (Lipinski definition) is 2. The number of carbonyl (C=O) groups excluding carboxylic acids is 1. The summed E-state index contributed by atoms with van der Waals surface area (Å²) in [7, 11) is 1.61. The quantitative estimate of drug-likeness (QED) is 0.828. The van der Waals surface area contributed by atoms with E-state index in [1.165, 1.54) is 11.8 Å². The van der Waals surface area contributed by atoms with Crippen molar-refractivity contribution in [3.63, 3.8) is 0 Å². The molecule has 0 fully saturated rings. The Morgan fingerprint density at radius 1 is 1.56 bits per heavy atom. The van der Waals surface area contributed by atoms with Crippen molar-refractivity contribution in [3.8, 4) is 0 Å². The van der Waals surface area contributed by atoms with Gasteiger partial charge in [-0.25, -0.2) is 4.79 Å². The van der Waals surface area contributed by atoms with Crippen molar-refractivity contribution in [2.45, 2.75) is 19.6 Å². The second-order valence-electron chi connectivity index (χ2n) is 4.22. The number of rotatable bonds is 3. The van der Waals surface area contributed by atoms with Crippen LogP contribution in [0.1, 0.15) is 12.5 Å². The highest BCUT2D eigenvalue weighted by molar-refractivity contribution is 5.80. The molecule has 6 heteroatoms. The van der Waals surface area contributed by atoms with Gasteiger partial charge in [-0.15, -0.1) is 0 Å². The number of oxazole rings is 1. The molecule has 1 unspecified atom stereocenters. The largest absolute Gasteiger partial charge is 0.417 e. The van der Waals surface area contributed by atoms with Gasteiger partial charge in [0, 0.05) is 13.6 Å². The monoisotopic (exact) mass is 250 g/mol. The van der Waals surface area contributed by atoms with Gasteiger partial charge in [0.05, 0.1) is 5.52 Å². The fourth-order valence-corrected chi connectivity index (χ4v) is 1.77. The topological polar surface area (TPSA) is 86.5 Å². The summed E-state index contributed by atoms with van der Waals surface area (Å²) < 4.78 is 4.88. The number of carbonyl (C=O) groups is 1. The molecule has 1 amide bonds. The molecule has 1 atom stereocenters. The van der Waals surface area contributed by atoms with Crippen LogP contribution in [0.3, 0.4) is 0 Å². The molecular formula is C12H14N2O4. The maximum atomic E-state index is 11.5. The van der Waals surface area contributed by atoms with Crippen molar-refractivity contribution in [1.82, 2.24) is 9.88 Å². The standard InChI is InChI=1S/C12H14N2O4/c1-7(15)11(16)14(2)6-8-3-4-10-9(5-8)13-12(17)18-10/h3-5,7,15H,6H2,1-2H3,(H,13,17). The van der Waals surface area contributed by atoms with Crippen LogP contribution in [0.25, 0.3) is 11.1 Å². The summed E-state index contributed by atoms with van der Waals surface area (Å²) in [6, 6.07) is 5.18. The molecule has 0 bridgehead atoms. The van der Waals surface area contributed by atoms with Crippen LogP contribution in [0, 0.1) is 0 Å². The minimum absolute atomic E-state index is 0.351. The van der Waals surface area contributed by atoms with Crippen LogP contribution in [-0.2, 0) is 11.3 Å². The van der Waals surface area contributed by atoms with Crippen LogP contribution in [-0.4, -0.2) is 34.0 Å². The highest BCUT2D eigenvalue weighted by Gasteiger charge is 2.14. The number of aliphatic hydroxyl groups is 1. The molecule has 1 aromatic carbocycles. The van der Waals surface area contributed by atoms with Crippen LogP contribution in [0.2, 0.25) is 0 Å². The van der Waals surface area contributed by atoms with E-state index in [2.05, 4.69) is 4.98 Å². The maximum Gasteiger partial charge on any atom is 0.417 e. The van der Waals surface area contributed by atoms with Gasteiger partial charge in [-0.05, 0) is 24.6 Å². The Morgan fingerprint density at radius 3 is 2.94 bits per heavy atom. The maximum absolute atomic E-state index is 11.5. The van der Waals surface area contributed by atoms with E-state index in [0.29, 0.717) is 17.6 Å². The molecule has 2 N–H and O–H groups in total. The van der Waals surface area contributed by atoms with Crippen molar-refractivity contribution < 1.29 is 14.3 Å². The molecular weight excluding hydrogens is 236 g/mol. The van der Waals surface area contributed by atoms with E-state index >= 15 is 0 Å². The number of aromatic nitrogens is 1. The fraction of sp³-hybridized carbons (Fsp3) is 0.333. The lowest BCUT2D eigenvalue weighted by Gasteiger charge is -2.18. The highest BCUT2D eigenvalue weighted by Crippen LogP contribution is 2.13. The van der Waals surface area contributed by atoms with E-state index in [4.69, 9.17) is 4.42 Å². The van der Waals surface area contributed by atoms with Crippen LogP contribution < -0.4 is 5.76 Å². The Balaban J connectivity index is 2.21. The number of aliphatic hydroxyl groups excluding tert-OH is 1. The lowest BCUT2D eigenvalue weighted by Crippen LogP contribution is -2.34. The molecule has 1 aromatic heterocycles. The van der Waals surface area contributed by atoms with E-state index in [1.807, 2.05) is 0 Å². The van der Waals surface area contributed by atoms with E-state index in [1.54, 1.807) is 25.2 Å². The smallest absolute Gasteiger partial charge is 0.408 e. The number of nitrogens with zero attached hydrogens (tertiary/aromatic N) is 1. The number of hydrogen-bond acceptors (Lipinski definition) is 4. The van der Waals surface area contributed by atoms with E-state index in [0.717, 1.165) is 5.56 Å². The van der Waals surface area contributed by atoms with Gasteiger partial charge in [-0.2, -0.15) is 0 Å². The SMILES string of the molecule is CC(O)C(=O)N(C)Cc1ccc2oc(=O)[nH]c2c1. The molecule has 0 aliphatic carbocycles. The summed E-state index contributed by atoms with van der Waals surface area (Å²) in [5.41, 5.74) is 1.92. The molecule has 96 valence electrons. The third-order valence-corrected chi connectivity index (χ3v) is 2.64. The molecule has 0 saturated carbocycles. The van der Waals surface area contributed by atoms with Crippen LogP contribution >= 0.6 is 0 Å². The van der Waals surface area contributed by atoms with Crippen molar-refractivity contribution in [3.05, 3.63) is 34.3 Å². The van der Waals surface area contributed by atoms with Gasteiger partial charge in [0.15, 0.2) is 5.58 Å². The zero-order chi connectivity index (χ0) is 13.3. The molecule has 6 nitrogen and oxygen atoms in total. The van der Waals surface area contributed by atoms with Gasteiger partial charge < -0.3 is 14.4 Å². The van der Waals surface area contributed by atoms with Crippen molar-refractivity contribution in [2.24, 2.45) is 0 Å². The van der Waals surface area contributed by atoms with Gasteiger partial charge in [0.25, 0.3) is 5.91 Å². The summed E-state index contributed by atoms with van der Waals surface area (Å²) in [6.45, 7) is 1.78. The zero-order valence-electron chi connectivity index (χ0n) is 10.1. The highest BCUT2D eigenvalue weighted by atomic mass is 16.4. The Morgan fingerprint density at radius 2 is 2.28 bits per heavy atom. The summed E-state index contributed by atoms with van der Waals surface area (Å²) >= 11 is 0. The minimum Gasteiger partial charge on any atom is -0.408 e. The Bertz CT molecular complexity index is 626. The van der Waals surface area contributed by atoms with Gasteiger partial charge in [0.1, 0.15) is 6.10 Å². The Hall–Kier alpha value is -2.08. The van der Waals surface area contributed by atoms with E-state index in [9.17, 15) is 14.7 Å². The van der Waals surface area contributed by atoms with Crippen molar-refractivity contribution in [1.29, 1.82) is 0 Å². The zero-order valence-corrected chi connectivity index (χ0v) is 10.1. The number of amides is 1. The Labute approximate surface area is 103 Å². The summed E-state index contributed by atoms with van der Waals surface area (Å²) in [4.78, 5) is 26.5. The predicted octanol–water partition coefficient (Wildman–Crippen LogP) is 0.460. The van der Waals surface area contributed by atoms with Crippen LogP contribution in [0.4, 0.5) is 0 Å². The molecule has 0 saturated heterocycles. The van der Waals surface area contributed by atoms with E-state index < -0.39 is 11.9 Å². The average molecular weight is 250 g/mol. The first kappa shape index (κ1) is 12.4. The third kappa shape index (κ3) is 2.43. The summed E-state index contributed by atoms with van der Waals surface area (Å²) in [6.07, 6.45) is -1.02. The number of aromatic amines is 1. The number of likely N-dealkylation sites (N-methyl/N-ethyl adjacent to an activating group) is 1. The molecule has 2 aromatic rings. The first-order valence-corrected chi connectivity index (χ1v) is 5.52. The lowest BCUT2D eigenvalue weighted by atomic mass is 10.2. The number of nitrogens with one attached hydrogen (secondary N) is 1. The van der Waals surface area contributed by atoms with E-state index in [-0.39, 0.29) is 5.91 Å². The minimum atomic E-state index is -1.02. The predicted molar refractivity (Wildman–Crippen MR) is 65.0 cm³/mol. The van der Waals surface area contributed by atoms with Gasteiger partial charge in [0.2, 0.25) is 0 Å². The first-order valence-electron chi connectivity index (χ1n) is 5.52. The second kappa shape index (κ2) is 4.66. The molecule has 0 radical (unpaired) electrons. The van der Waals surface area contributed by atoms with Crippen LogP contribution in [0.15, 0.2) is 27.4 Å². The molecule has 0 aliphatic heterocycles. The Kier molecular flexibility index (Phi) is 3.20.